The SMILES string of the molecule is CC1CCC(O)(CNC(=O)c2nc(Cl)ccc2Cl)CC1. The van der Waals surface area contributed by atoms with Crippen molar-refractivity contribution < 1.29 is 9.90 Å². The van der Waals surface area contributed by atoms with Crippen molar-refractivity contribution in [1.29, 1.82) is 0 Å². The molecule has 20 heavy (non-hydrogen) atoms. The summed E-state index contributed by atoms with van der Waals surface area (Å²) in [6, 6.07) is 3.06. The van der Waals surface area contributed by atoms with Gasteiger partial charge < -0.3 is 10.4 Å². The molecule has 1 aromatic rings. The van der Waals surface area contributed by atoms with E-state index in [0.29, 0.717) is 18.8 Å². The zero-order valence-electron chi connectivity index (χ0n) is 11.3. The monoisotopic (exact) mass is 316 g/mol. The summed E-state index contributed by atoms with van der Waals surface area (Å²) in [6.45, 7) is 2.39. The summed E-state index contributed by atoms with van der Waals surface area (Å²) >= 11 is 11.7. The van der Waals surface area contributed by atoms with Crippen molar-refractivity contribution in [1.82, 2.24) is 10.3 Å². The number of rotatable bonds is 3. The summed E-state index contributed by atoms with van der Waals surface area (Å²) < 4.78 is 0. The van der Waals surface area contributed by atoms with Gasteiger partial charge in [0.2, 0.25) is 0 Å². The molecule has 4 nitrogen and oxygen atoms in total. The second-order valence-corrected chi connectivity index (χ2v) is 6.35. The standard InChI is InChI=1S/C14H18Cl2N2O2/c1-9-4-6-14(20,7-5-9)8-17-13(19)12-10(15)2-3-11(16)18-12/h2-3,9,20H,4-8H2,1H3,(H,17,19). The molecule has 1 fully saturated rings. The molecule has 0 spiro atoms. The van der Waals surface area contributed by atoms with Crippen LogP contribution in [0.4, 0.5) is 0 Å². The lowest BCUT2D eigenvalue weighted by molar-refractivity contribution is -0.00543. The van der Waals surface area contributed by atoms with Gasteiger partial charge in [-0.05, 0) is 43.7 Å². The molecule has 1 heterocycles. The molecule has 1 aliphatic rings. The maximum atomic E-state index is 12.0. The van der Waals surface area contributed by atoms with Crippen LogP contribution < -0.4 is 5.32 Å². The van der Waals surface area contributed by atoms with E-state index >= 15 is 0 Å². The number of carbonyl (C=O) groups is 1. The van der Waals surface area contributed by atoms with Gasteiger partial charge in [-0.25, -0.2) is 4.98 Å². The summed E-state index contributed by atoms with van der Waals surface area (Å²) in [7, 11) is 0. The Bertz CT molecular complexity index is 500. The number of aliphatic hydroxyl groups is 1. The van der Waals surface area contributed by atoms with E-state index in [4.69, 9.17) is 23.2 Å². The van der Waals surface area contributed by atoms with Crippen LogP contribution in [0.1, 0.15) is 43.1 Å². The Morgan fingerprint density at radius 3 is 2.75 bits per heavy atom. The molecule has 0 bridgehead atoms. The van der Waals surface area contributed by atoms with E-state index in [1.165, 1.54) is 12.1 Å². The molecule has 2 rings (SSSR count). The first kappa shape index (κ1) is 15.5. The van der Waals surface area contributed by atoms with Crippen molar-refractivity contribution in [3.05, 3.63) is 28.0 Å². The number of nitrogens with one attached hydrogen (secondary N) is 1. The minimum Gasteiger partial charge on any atom is -0.388 e. The van der Waals surface area contributed by atoms with Crippen molar-refractivity contribution in [3.8, 4) is 0 Å². The van der Waals surface area contributed by atoms with Crippen LogP contribution in [0.15, 0.2) is 12.1 Å². The smallest absolute Gasteiger partial charge is 0.271 e. The van der Waals surface area contributed by atoms with Gasteiger partial charge in [-0.1, -0.05) is 30.1 Å². The number of hydrogen-bond acceptors (Lipinski definition) is 3. The van der Waals surface area contributed by atoms with Crippen LogP contribution in [-0.2, 0) is 0 Å². The molecule has 110 valence electrons. The minimum atomic E-state index is -0.826. The highest BCUT2D eigenvalue weighted by Crippen LogP contribution is 2.31. The van der Waals surface area contributed by atoms with E-state index < -0.39 is 11.5 Å². The van der Waals surface area contributed by atoms with Gasteiger partial charge in [0.15, 0.2) is 0 Å². The van der Waals surface area contributed by atoms with Crippen LogP contribution in [0.5, 0.6) is 0 Å². The first-order valence-corrected chi connectivity index (χ1v) is 7.48. The van der Waals surface area contributed by atoms with Gasteiger partial charge >= 0.3 is 0 Å². The zero-order valence-corrected chi connectivity index (χ0v) is 12.8. The Morgan fingerprint density at radius 1 is 1.45 bits per heavy atom. The quantitative estimate of drug-likeness (QED) is 0.842. The topological polar surface area (TPSA) is 62.2 Å². The molecule has 6 heteroatoms. The van der Waals surface area contributed by atoms with Crippen molar-refractivity contribution in [3.63, 3.8) is 0 Å². The summed E-state index contributed by atoms with van der Waals surface area (Å²) in [5.74, 6) is 0.222. The van der Waals surface area contributed by atoms with E-state index in [-0.39, 0.29) is 22.4 Å². The molecular formula is C14H18Cl2N2O2. The fourth-order valence-electron chi connectivity index (χ4n) is 2.38. The lowest BCUT2D eigenvalue weighted by Gasteiger charge is -2.34. The van der Waals surface area contributed by atoms with Gasteiger partial charge in [0, 0.05) is 6.54 Å². The van der Waals surface area contributed by atoms with Gasteiger partial charge in [-0.2, -0.15) is 0 Å². The predicted molar refractivity (Wildman–Crippen MR) is 79.2 cm³/mol. The molecule has 1 aromatic heterocycles. The van der Waals surface area contributed by atoms with E-state index in [0.717, 1.165) is 12.8 Å². The molecule has 1 saturated carbocycles. The molecule has 0 unspecified atom stereocenters. The van der Waals surface area contributed by atoms with Gasteiger partial charge in [-0.15, -0.1) is 0 Å². The first-order valence-electron chi connectivity index (χ1n) is 6.72. The summed E-state index contributed by atoms with van der Waals surface area (Å²) in [5, 5.41) is 13.6. The van der Waals surface area contributed by atoms with E-state index in [9.17, 15) is 9.90 Å². The lowest BCUT2D eigenvalue weighted by Crippen LogP contribution is -2.45. The van der Waals surface area contributed by atoms with Crippen molar-refractivity contribution in [2.45, 2.75) is 38.2 Å². The predicted octanol–water partition coefficient (Wildman–Crippen LogP) is 3.06. The van der Waals surface area contributed by atoms with Crippen LogP contribution in [0, 0.1) is 5.92 Å². The van der Waals surface area contributed by atoms with Crippen LogP contribution in [0.3, 0.4) is 0 Å². The third-order valence-corrected chi connectivity index (χ3v) is 4.33. The van der Waals surface area contributed by atoms with E-state index in [1.807, 2.05) is 0 Å². The Morgan fingerprint density at radius 2 is 2.10 bits per heavy atom. The summed E-state index contributed by atoms with van der Waals surface area (Å²) in [6.07, 6.45) is 3.35. The Kier molecular flexibility index (Phi) is 4.89. The number of nitrogens with zero attached hydrogens (tertiary/aromatic N) is 1. The Labute approximate surface area is 128 Å². The highest BCUT2D eigenvalue weighted by atomic mass is 35.5. The maximum Gasteiger partial charge on any atom is 0.271 e. The Balaban J connectivity index is 1.97. The molecule has 0 aromatic carbocycles. The fraction of sp³-hybridized carbons (Fsp3) is 0.571. The molecular weight excluding hydrogens is 299 g/mol. The number of carbonyl (C=O) groups excluding carboxylic acids is 1. The second kappa shape index (κ2) is 6.29. The zero-order chi connectivity index (χ0) is 14.8. The molecule has 1 amide bonds. The number of amides is 1. The maximum absolute atomic E-state index is 12.0. The van der Waals surface area contributed by atoms with Gasteiger partial charge in [0.25, 0.3) is 5.91 Å². The molecule has 0 atom stereocenters. The number of hydrogen-bond donors (Lipinski definition) is 2. The van der Waals surface area contributed by atoms with Gasteiger partial charge in [-0.3, -0.25) is 4.79 Å². The average Bonchev–Trinajstić information content (AvgIpc) is 2.43. The average molecular weight is 317 g/mol. The largest absolute Gasteiger partial charge is 0.388 e. The van der Waals surface area contributed by atoms with Crippen LogP contribution in [-0.4, -0.2) is 28.1 Å². The fourth-order valence-corrected chi connectivity index (χ4v) is 2.72. The van der Waals surface area contributed by atoms with Crippen molar-refractivity contribution in [2.24, 2.45) is 5.92 Å². The van der Waals surface area contributed by atoms with E-state index in [1.54, 1.807) is 0 Å². The highest BCUT2D eigenvalue weighted by molar-refractivity contribution is 6.34. The Hall–Kier alpha value is -0.840. The van der Waals surface area contributed by atoms with Crippen LogP contribution in [0.2, 0.25) is 10.2 Å². The van der Waals surface area contributed by atoms with E-state index in [2.05, 4.69) is 17.2 Å². The van der Waals surface area contributed by atoms with Gasteiger partial charge in [0.1, 0.15) is 10.8 Å². The third kappa shape index (κ3) is 3.84. The lowest BCUT2D eigenvalue weighted by atomic mass is 9.79. The minimum absolute atomic E-state index is 0.0898. The summed E-state index contributed by atoms with van der Waals surface area (Å²) in [4.78, 5) is 16.0. The number of halogens is 2. The molecule has 1 aliphatic carbocycles. The highest BCUT2D eigenvalue weighted by Gasteiger charge is 2.32. The van der Waals surface area contributed by atoms with Crippen molar-refractivity contribution >= 4 is 29.1 Å². The molecule has 0 radical (unpaired) electrons. The molecule has 0 saturated heterocycles. The molecule has 0 aliphatic heterocycles. The third-order valence-electron chi connectivity index (χ3n) is 3.81. The van der Waals surface area contributed by atoms with Crippen molar-refractivity contribution in [2.75, 3.05) is 6.54 Å². The first-order chi connectivity index (χ1) is 9.39. The van der Waals surface area contributed by atoms with Crippen LogP contribution >= 0.6 is 23.2 Å². The van der Waals surface area contributed by atoms with Crippen LogP contribution in [0.25, 0.3) is 0 Å². The van der Waals surface area contributed by atoms with Gasteiger partial charge in [0.05, 0.1) is 10.6 Å². The number of aromatic nitrogens is 1. The summed E-state index contributed by atoms with van der Waals surface area (Å²) in [5.41, 5.74) is -0.736. The number of pyridine rings is 1. The normalized spacial score (nSPS) is 26.3. The second-order valence-electron chi connectivity index (χ2n) is 5.55. The molecule has 2 N–H and O–H groups in total.